The summed E-state index contributed by atoms with van der Waals surface area (Å²) in [6, 6.07) is 0. The van der Waals surface area contributed by atoms with Crippen molar-refractivity contribution in [3.8, 4) is 11.5 Å². The second-order valence-corrected chi connectivity index (χ2v) is 4.24. The van der Waals surface area contributed by atoms with Crippen molar-refractivity contribution in [2.75, 3.05) is 7.11 Å². The largest absolute Gasteiger partial charge is 0.505 e. The van der Waals surface area contributed by atoms with Crippen LogP contribution in [-0.4, -0.2) is 25.6 Å². The van der Waals surface area contributed by atoms with Gasteiger partial charge in [0.25, 0.3) is 6.43 Å². The molecule has 0 aliphatic heterocycles. The molecule has 0 aromatic carbocycles. The Morgan fingerprint density at radius 3 is 2.50 bits per heavy atom. The van der Waals surface area contributed by atoms with Gasteiger partial charge in [-0.1, -0.05) is 0 Å². The zero-order valence-electron chi connectivity index (χ0n) is 8.02. The molecule has 16 heavy (non-hydrogen) atoms. The molecule has 3 N–H and O–H groups in total. The number of halogens is 2. The van der Waals surface area contributed by atoms with Crippen LogP contribution in [0.2, 0.25) is 0 Å². The number of primary sulfonamides is 1. The summed E-state index contributed by atoms with van der Waals surface area (Å²) in [5.41, 5.74) is -0.899. The van der Waals surface area contributed by atoms with Gasteiger partial charge in [0.05, 0.1) is 13.3 Å². The van der Waals surface area contributed by atoms with Crippen LogP contribution in [0.3, 0.4) is 0 Å². The van der Waals surface area contributed by atoms with E-state index in [1.165, 1.54) is 0 Å². The van der Waals surface area contributed by atoms with Gasteiger partial charge < -0.3 is 9.84 Å². The first-order valence-corrected chi connectivity index (χ1v) is 5.40. The van der Waals surface area contributed by atoms with Gasteiger partial charge in [0, 0.05) is 0 Å². The number of nitrogens with zero attached hydrogens (tertiary/aromatic N) is 1. The predicted molar refractivity (Wildman–Crippen MR) is 48.8 cm³/mol. The number of aromatic nitrogens is 1. The monoisotopic (exact) mass is 254 g/mol. The second-order valence-electron chi connectivity index (χ2n) is 2.74. The lowest BCUT2D eigenvalue weighted by Crippen LogP contribution is -2.15. The standard InChI is InChI=1S/C7H8F2N2O4S/c1-15-5-4(7(8)9)11-2-3(12)6(5)16(10,13)14/h2,7,12H,1H3,(H2,10,13,14). The average molecular weight is 254 g/mol. The number of rotatable bonds is 3. The van der Waals surface area contributed by atoms with Crippen LogP contribution in [0.1, 0.15) is 12.1 Å². The number of hydrogen-bond donors (Lipinski definition) is 2. The van der Waals surface area contributed by atoms with Crippen LogP contribution in [0.15, 0.2) is 11.1 Å². The van der Waals surface area contributed by atoms with E-state index < -0.39 is 38.5 Å². The summed E-state index contributed by atoms with van der Waals surface area (Å²) in [5.74, 6) is -1.60. The third kappa shape index (κ3) is 2.19. The Hall–Kier alpha value is -1.48. The van der Waals surface area contributed by atoms with Crippen LogP contribution < -0.4 is 9.88 Å². The molecule has 0 bridgehead atoms. The number of methoxy groups -OCH3 is 1. The van der Waals surface area contributed by atoms with E-state index in [0.29, 0.717) is 6.20 Å². The van der Waals surface area contributed by atoms with E-state index in [2.05, 4.69) is 9.72 Å². The van der Waals surface area contributed by atoms with Crippen LogP contribution in [0.25, 0.3) is 0 Å². The quantitative estimate of drug-likeness (QED) is 0.811. The van der Waals surface area contributed by atoms with Gasteiger partial charge >= 0.3 is 0 Å². The number of ether oxygens (including phenoxy) is 1. The number of hydrogen-bond acceptors (Lipinski definition) is 5. The van der Waals surface area contributed by atoms with E-state index in [1.54, 1.807) is 0 Å². The van der Waals surface area contributed by atoms with E-state index in [4.69, 9.17) is 5.14 Å². The Balaban J connectivity index is 3.64. The van der Waals surface area contributed by atoms with E-state index >= 15 is 0 Å². The summed E-state index contributed by atoms with van der Waals surface area (Å²) in [5, 5.41) is 14.0. The summed E-state index contributed by atoms with van der Waals surface area (Å²) in [6.45, 7) is 0. The lowest BCUT2D eigenvalue weighted by atomic mass is 10.3. The topological polar surface area (TPSA) is 103 Å². The highest BCUT2D eigenvalue weighted by Gasteiger charge is 2.27. The minimum absolute atomic E-state index is 0.573. The number of aromatic hydroxyl groups is 1. The van der Waals surface area contributed by atoms with E-state index in [0.717, 1.165) is 7.11 Å². The average Bonchev–Trinajstić information content (AvgIpc) is 2.14. The molecule has 0 unspecified atom stereocenters. The van der Waals surface area contributed by atoms with Gasteiger partial charge in [-0.3, -0.25) is 0 Å². The Bertz CT molecular complexity index is 503. The highest BCUT2D eigenvalue weighted by molar-refractivity contribution is 7.89. The van der Waals surface area contributed by atoms with Crippen LogP contribution in [0, 0.1) is 0 Å². The molecule has 0 atom stereocenters. The predicted octanol–water partition coefficient (Wildman–Crippen LogP) is 0.381. The van der Waals surface area contributed by atoms with Crippen molar-refractivity contribution in [1.82, 2.24) is 4.98 Å². The van der Waals surface area contributed by atoms with Gasteiger partial charge in [-0.25, -0.2) is 27.3 Å². The summed E-state index contributed by atoms with van der Waals surface area (Å²) < 4.78 is 51.5. The summed E-state index contributed by atoms with van der Waals surface area (Å²) in [4.78, 5) is 2.28. The van der Waals surface area contributed by atoms with Crippen molar-refractivity contribution in [3.05, 3.63) is 11.9 Å². The fraction of sp³-hybridized carbons (Fsp3) is 0.286. The number of pyridine rings is 1. The first-order chi connectivity index (χ1) is 7.29. The third-order valence-corrected chi connectivity index (χ3v) is 2.66. The fourth-order valence-corrected chi connectivity index (χ4v) is 1.90. The zero-order chi connectivity index (χ0) is 12.5. The molecule has 1 heterocycles. The van der Waals surface area contributed by atoms with Crippen LogP contribution in [0.5, 0.6) is 11.5 Å². The Labute approximate surface area is 89.7 Å². The maximum absolute atomic E-state index is 12.5. The molecule has 0 radical (unpaired) electrons. The summed E-state index contributed by atoms with van der Waals surface area (Å²) in [6.07, 6.45) is -2.47. The highest BCUT2D eigenvalue weighted by Crippen LogP contribution is 2.37. The maximum Gasteiger partial charge on any atom is 0.284 e. The van der Waals surface area contributed by atoms with Gasteiger partial charge in [0.2, 0.25) is 10.0 Å². The molecule has 0 saturated heterocycles. The lowest BCUT2D eigenvalue weighted by molar-refractivity contribution is 0.140. The number of sulfonamides is 1. The molecule has 6 nitrogen and oxygen atoms in total. The first-order valence-electron chi connectivity index (χ1n) is 3.85. The molecule has 9 heteroatoms. The molecule has 0 amide bonds. The molecule has 90 valence electrons. The third-order valence-electron chi connectivity index (χ3n) is 1.69. The summed E-state index contributed by atoms with van der Waals surface area (Å²) >= 11 is 0. The Kier molecular flexibility index (Phi) is 3.29. The van der Waals surface area contributed by atoms with Gasteiger partial charge in [-0.05, 0) is 0 Å². The van der Waals surface area contributed by atoms with Crippen molar-refractivity contribution >= 4 is 10.0 Å². The van der Waals surface area contributed by atoms with Crippen molar-refractivity contribution in [2.24, 2.45) is 5.14 Å². The molecular formula is C7H8F2N2O4S. The fourth-order valence-electron chi connectivity index (χ4n) is 1.11. The number of alkyl halides is 2. The van der Waals surface area contributed by atoms with Gasteiger partial charge in [-0.15, -0.1) is 0 Å². The summed E-state index contributed by atoms with van der Waals surface area (Å²) in [7, 11) is -3.41. The van der Waals surface area contributed by atoms with Gasteiger partial charge in [-0.2, -0.15) is 0 Å². The zero-order valence-corrected chi connectivity index (χ0v) is 8.83. The van der Waals surface area contributed by atoms with Gasteiger partial charge in [0.1, 0.15) is 5.69 Å². The normalized spacial score (nSPS) is 11.8. The lowest BCUT2D eigenvalue weighted by Gasteiger charge is -2.11. The Morgan fingerprint density at radius 1 is 1.56 bits per heavy atom. The van der Waals surface area contributed by atoms with E-state index in [-0.39, 0.29) is 0 Å². The maximum atomic E-state index is 12.5. The van der Waals surface area contributed by atoms with Crippen LogP contribution >= 0.6 is 0 Å². The molecule has 1 rings (SSSR count). The molecule has 0 fully saturated rings. The van der Waals surface area contributed by atoms with E-state index in [9.17, 15) is 22.3 Å². The second kappa shape index (κ2) is 4.18. The van der Waals surface area contributed by atoms with Crippen molar-refractivity contribution < 1.29 is 27.0 Å². The molecule has 0 saturated carbocycles. The van der Waals surface area contributed by atoms with E-state index in [1.807, 2.05) is 0 Å². The molecule has 0 aliphatic rings. The smallest absolute Gasteiger partial charge is 0.284 e. The van der Waals surface area contributed by atoms with Crippen molar-refractivity contribution in [1.29, 1.82) is 0 Å². The molecular weight excluding hydrogens is 246 g/mol. The molecule has 0 aliphatic carbocycles. The molecule has 0 spiro atoms. The first kappa shape index (κ1) is 12.6. The van der Waals surface area contributed by atoms with Crippen molar-refractivity contribution in [2.45, 2.75) is 11.3 Å². The molecule has 1 aromatic heterocycles. The number of nitrogens with two attached hydrogens (primary N) is 1. The SMILES string of the molecule is COc1c(C(F)F)ncc(O)c1S(N)(=O)=O. The van der Waals surface area contributed by atoms with Crippen LogP contribution in [-0.2, 0) is 10.0 Å². The highest BCUT2D eigenvalue weighted by atomic mass is 32.2. The minimum atomic E-state index is -4.38. The minimum Gasteiger partial charge on any atom is -0.505 e. The Morgan fingerprint density at radius 2 is 2.12 bits per heavy atom. The van der Waals surface area contributed by atoms with Crippen LogP contribution in [0.4, 0.5) is 8.78 Å². The molecule has 1 aromatic rings. The van der Waals surface area contributed by atoms with Crippen molar-refractivity contribution in [3.63, 3.8) is 0 Å². The van der Waals surface area contributed by atoms with Gasteiger partial charge in [0.15, 0.2) is 16.4 Å².